The molecular weight excluding hydrogens is 340 g/mol. The molecule has 0 aromatic heterocycles. The molecule has 138 valence electrons. The summed E-state index contributed by atoms with van der Waals surface area (Å²) in [5, 5.41) is 29.7. The van der Waals surface area contributed by atoms with Gasteiger partial charge in [-0.3, -0.25) is 9.78 Å². The van der Waals surface area contributed by atoms with Gasteiger partial charge in [-0.05, 0) is 44.0 Å². The smallest absolute Gasteiger partial charge is 0.349 e. The van der Waals surface area contributed by atoms with Crippen LogP contribution in [0.2, 0.25) is 0 Å². The van der Waals surface area contributed by atoms with E-state index < -0.39 is 29.6 Å². The zero-order valence-electron chi connectivity index (χ0n) is 14.6. The van der Waals surface area contributed by atoms with E-state index in [1.54, 1.807) is 6.07 Å². The number of fused-ring (bicyclic) bond motifs is 2. The molecule has 0 saturated heterocycles. The van der Waals surface area contributed by atoms with Gasteiger partial charge in [0, 0.05) is 0 Å². The number of H-pyrrole nitrogens is 1. The lowest BCUT2D eigenvalue weighted by Gasteiger charge is -2.24. The molecule has 0 fully saturated rings. The number of aromatic amines is 1. The fraction of sp³-hybridized carbons (Fsp3) is 0.412. The second-order valence-corrected chi connectivity index (χ2v) is 6.49. The SMILES string of the molecule is Cc1cc2nc3c(=O)[nH]c(=O)nc-3n(C[C@H](O)[C@@H](O)[C@@H](C)O)c2cc1C. The maximum Gasteiger partial charge on any atom is 0.349 e. The maximum absolute atomic E-state index is 12.2. The number of hydrogen-bond acceptors (Lipinski definition) is 7. The average Bonchev–Trinajstić information content (AvgIpc) is 2.56. The third-order valence-electron chi connectivity index (χ3n) is 4.48. The topological polar surface area (TPSA) is 141 Å². The van der Waals surface area contributed by atoms with Gasteiger partial charge in [0.2, 0.25) is 0 Å². The highest BCUT2D eigenvalue weighted by Gasteiger charge is 2.25. The Bertz CT molecular complexity index is 1060. The summed E-state index contributed by atoms with van der Waals surface area (Å²) < 4.78 is 1.47. The van der Waals surface area contributed by atoms with Gasteiger partial charge in [-0.1, -0.05) is 0 Å². The van der Waals surface area contributed by atoms with Gasteiger partial charge in [-0.15, -0.1) is 0 Å². The number of aromatic nitrogens is 4. The summed E-state index contributed by atoms with van der Waals surface area (Å²) in [6.45, 7) is 4.97. The van der Waals surface area contributed by atoms with Gasteiger partial charge >= 0.3 is 5.69 Å². The van der Waals surface area contributed by atoms with Crippen molar-refractivity contribution < 1.29 is 15.3 Å². The number of aliphatic hydroxyl groups excluding tert-OH is 3. The second-order valence-electron chi connectivity index (χ2n) is 6.49. The van der Waals surface area contributed by atoms with E-state index in [4.69, 9.17) is 0 Å². The van der Waals surface area contributed by atoms with E-state index in [0.29, 0.717) is 11.0 Å². The van der Waals surface area contributed by atoms with E-state index in [-0.39, 0.29) is 18.1 Å². The molecule has 9 nitrogen and oxygen atoms in total. The first-order valence-electron chi connectivity index (χ1n) is 8.15. The van der Waals surface area contributed by atoms with Crippen molar-refractivity contribution in [3.63, 3.8) is 0 Å². The number of benzene rings is 1. The molecule has 0 amide bonds. The molecule has 0 unspecified atom stereocenters. The first-order valence-corrected chi connectivity index (χ1v) is 8.15. The molecule has 2 heterocycles. The van der Waals surface area contributed by atoms with Gasteiger partial charge in [0.15, 0.2) is 11.5 Å². The van der Waals surface area contributed by atoms with Gasteiger partial charge in [-0.25, -0.2) is 9.78 Å². The van der Waals surface area contributed by atoms with Crippen LogP contribution >= 0.6 is 0 Å². The van der Waals surface area contributed by atoms with Crippen molar-refractivity contribution in [2.75, 3.05) is 0 Å². The minimum absolute atomic E-state index is 0.00588. The molecule has 0 spiro atoms. The Kier molecular flexibility index (Phi) is 4.61. The lowest BCUT2D eigenvalue weighted by Crippen LogP contribution is -2.39. The van der Waals surface area contributed by atoms with Crippen LogP contribution in [-0.2, 0) is 6.54 Å². The van der Waals surface area contributed by atoms with E-state index in [0.717, 1.165) is 11.1 Å². The lowest BCUT2D eigenvalue weighted by atomic mass is 10.1. The summed E-state index contributed by atoms with van der Waals surface area (Å²) >= 11 is 0. The van der Waals surface area contributed by atoms with Gasteiger partial charge in [0.1, 0.15) is 12.2 Å². The molecule has 0 saturated carbocycles. The summed E-state index contributed by atoms with van der Waals surface area (Å²) in [5.41, 5.74) is 1.40. The second kappa shape index (κ2) is 6.60. The highest BCUT2D eigenvalue weighted by molar-refractivity contribution is 5.81. The van der Waals surface area contributed by atoms with E-state index in [1.165, 1.54) is 11.5 Å². The van der Waals surface area contributed by atoms with Crippen LogP contribution in [0.1, 0.15) is 18.1 Å². The molecule has 1 aromatic rings. The van der Waals surface area contributed by atoms with Gasteiger partial charge in [0.05, 0.1) is 23.7 Å². The normalized spacial score (nSPS) is 15.3. The molecular formula is C17H20N4O5. The highest BCUT2D eigenvalue weighted by Crippen LogP contribution is 2.24. The first kappa shape index (κ1) is 18.2. The Morgan fingerprint density at radius 3 is 2.42 bits per heavy atom. The molecule has 3 atom stereocenters. The number of nitrogens with one attached hydrogen (secondary N) is 1. The predicted octanol–water partition coefficient (Wildman–Crippen LogP) is -0.696. The van der Waals surface area contributed by atoms with Crippen molar-refractivity contribution in [3.8, 4) is 11.5 Å². The van der Waals surface area contributed by atoms with Crippen LogP contribution in [-0.4, -0.2) is 53.2 Å². The number of hydrogen-bond donors (Lipinski definition) is 4. The van der Waals surface area contributed by atoms with Gasteiger partial charge in [-0.2, -0.15) is 4.98 Å². The maximum atomic E-state index is 12.2. The fourth-order valence-electron chi connectivity index (χ4n) is 2.85. The molecule has 9 heteroatoms. The molecule has 2 aliphatic heterocycles. The summed E-state index contributed by atoms with van der Waals surface area (Å²) in [6, 6.07) is 3.61. The molecule has 4 N–H and O–H groups in total. The number of aliphatic hydroxyl groups is 3. The summed E-state index contributed by atoms with van der Waals surface area (Å²) in [7, 11) is 0. The van der Waals surface area contributed by atoms with Crippen molar-refractivity contribution in [2.24, 2.45) is 0 Å². The van der Waals surface area contributed by atoms with E-state index in [2.05, 4.69) is 15.0 Å². The molecule has 0 aliphatic carbocycles. The van der Waals surface area contributed by atoms with Crippen LogP contribution in [0.15, 0.2) is 21.7 Å². The Balaban J connectivity index is 2.33. The van der Waals surface area contributed by atoms with Crippen molar-refractivity contribution >= 4 is 11.0 Å². The van der Waals surface area contributed by atoms with Crippen molar-refractivity contribution in [1.29, 1.82) is 0 Å². The van der Waals surface area contributed by atoms with Crippen molar-refractivity contribution in [3.05, 3.63) is 44.1 Å². The Hall–Kier alpha value is -2.62. The van der Waals surface area contributed by atoms with Crippen molar-refractivity contribution in [1.82, 2.24) is 19.5 Å². The third-order valence-corrected chi connectivity index (χ3v) is 4.48. The van der Waals surface area contributed by atoms with Crippen LogP contribution in [0.4, 0.5) is 0 Å². The predicted molar refractivity (Wildman–Crippen MR) is 94.2 cm³/mol. The van der Waals surface area contributed by atoms with E-state index in [9.17, 15) is 24.9 Å². The largest absolute Gasteiger partial charge is 0.391 e. The molecule has 0 radical (unpaired) electrons. The van der Waals surface area contributed by atoms with E-state index in [1.807, 2.05) is 19.9 Å². The fourth-order valence-corrected chi connectivity index (χ4v) is 2.85. The van der Waals surface area contributed by atoms with Crippen LogP contribution in [0.5, 0.6) is 0 Å². The molecule has 0 bridgehead atoms. The van der Waals surface area contributed by atoms with E-state index >= 15 is 0 Å². The first-order chi connectivity index (χ1) is 12.2. The summed E-state index contributed by atoms with van der Waals surface area (Å²) in [6.07, 6.45) is -3.90. The Morgan fingerprint density at radius 1 is 1.12 bits per heavy atom. The average molecular weight is 360 g/mol. The Labute approximate surface area is 147 Å². The zero-order chi connectivity index (χ0) is 19.2. The lowest BCUT2D eigenvalue weighted by molar-refractivity contribution is -0.0569. The standard InChI is InChI=1S/C17H20N4O5/c1-7-4-10-11(5-8(7)2)21(6-12(23)14(24)9(3)22)15-13(18-10)16(25)20-17(26)19-15/h4-5,9,12,14,22-24H,6H2,1-3H3,(H,20,25,26)/t9-,12+,14+/m1/s1. The summed E-state index contributed by atoms with van der Waals surface area (Å²) in [5.74, 6) is 0.00588. The minimum Gasteiger partial charge on any atom is -0.391 e. The monoisotopic (exact) mass is 360 g/mol. The number of nitrogens with zero attached hydrogens (tertiary/aromatic N) is 3. The van der Waals surface area contributed by atoms with Gasteiger partial charge in [0.25, 0.3) is 5.56 Å². The van der Waals surface area contributed by atoms with Gasteiger partial charge < -0.3 is 19.9 Å². The number of aryl methyl sites for hydroxylation is 2. The highest BCUT2D eigenvalue weighted by atomic mass is 16.4. The zero-order valence-corrected chi connectivity index (χ0v) is 14.6. The quantitative estimate of drug-likeness (QED) is 0.451. The minimum atomic E-state index is -1.40. The summed E-state index contributed by atoms with van der Waals surface area (Å²) in [4.78, 5) is 34.0. The van der Waals surface area contributed by atoms with Crippen LogP contribution in [0.3, 0.4) is 0 Å². The third kappa shape index (κ3) is 3.12. The Morgan fingerprint density at radius 2 is 1.77 bits per heavy atom. The molecule has 26 heavy (non-hydrogen) atoms. The molecule has 2 aliphatic rings. The molecule has 1 aromatic carbocycles. The molecule has 3 rings (SSSR count). The van der Waals surface area contributed by atoms with Crippen molar-refractivity contribution in [2.45, 2.75) is 45.6 Å². The van der Waals surface area contributed by atoms with Crippen LogP contribution < -0.4 is 11.2 Å². The van der Waals surface area contributed by atoms with Crippen LogP contribution in [0, 0.1) is 13.8 Å². The number of rotatable bonds is 4. The van der Waals surface area contributed by atoms with Crippen LogP contribution in [0.25, 0.3) is 22.6 Å².